The summed E-state index contributed by atoms with van der Waals surface area (Å²) in [6, 6.07) is 0. The first-order valence-electron chi connectivity index (χ1n) is 2.59. The van der Waals surface area contributed by atoms with E-state index in [-0.39, 0.29) is 5.97 Å². The lowest BCUT2D eigenvalue weighted by atomic mass is 10.6. The molecular formula is C6H11NO2. The lowest BCUT2D eigenvalue weighted by Crippen LogP contribution is -2.03. The Kier molecular flexibility index (Phi) is 3.51. The van der Waals surface area contributed by atoms with E-state index in [2.05, 4.69) is 4.74 Å². The van der Waals surface area contributed by atoms with Crippen molar-refractivity contribution in [2.75, 3.05) is 21.2 Å². The zero-order valence-electron chi connectivity index (χ0n) is 5.92. The Balaban J connectivity index is 3.57. The summed E-state index contributed by atoms with van der Waals surface area (Å²) in [5.41, 5.74) is 0. The maximum absolute atomic E-state index is 10.4. The van der Waals surface area contributed by atoms with Gasteiger partial charge in [-0.1, -0.05) is 0 Å². The minimum absolute atomic E-state index is 0.330. The van der Waals surface area contributed by atoms with Gasteiger partial charge in [0.25, 0.3) is 0 Å². The molecule has 0 amide bonds. The lowest BCUT2D eigenvalue weighted by molar-refractivity contribution is -0.134. The Labute approximate surface area is 54.9 Å². The highest BCUT2D eigenvalue weighted by atomic mass is 16.5. The third kappa shape index (κ3) is 4.87. The van der Waals surface area contributed by atoms with E-state index in [4.69, 9.17) is 0 Å². The van der Waals surface area contributed by atoms with Crippen LogP contribution in [0.25, 0.3) is 0 Å². The minimum Gasteiger partial charge on any atom is -0.466 e. The molecule has 0 radical (unpaired) electrons. The van der Waals surface area contributed by atoms with Crippen molar-refractivity contribution >= 4 is 5.97 Å². The van der Waals surface area contributed by atoms with Gasteiger partial charge in [0.2, 0.25) is 0 Å². The quantitative estimate of drug-likeness (QED) is 0.395. The van der Waals surface area contributed by atoms with Crippen LogP contribution in [-0.2, 0) is 9.53 Å². The molecule has 9 heavy (non-hydrogen) atoms. The predicted molar refractivity (Wildman–Crippen MR) is 34.8 cm³/mol. The van der Waals surface area contributed by atoms with Gasteiger partial charge in [-0.2, -0.15) is 0 Å². The first-order chi connectivity index (χ1) is 4.16. The number of rotatable bonds is 2. The van der Waals surface area contributed by atoms with Crippen LogP contribution in [0.2, 0.25) is 0 Å². The molecule has 0 spiro atoms. The Bertz CT molecular complexity index is 118. The highest BCUT2D eigenvalue weighted by Crippen LogP contribution is 1.79. The zero-order valence-corrected chi connectivity index (χ0v) is 5.92. The summed E-state index contributed by atoms with van der Waals surface area (Å²) in [7, 11) is 5.02. The number of nitrogens with zero attached hydrogens (tertiary/aromatic N) is 1. The number of carbonyl (C=O) groups excluding carboxylic acids is 1. The van der Waals surface area contributed by atoms with Crippen LogP contribution < -0.4 is 0 Å². The molecule has 0 aliphatic rings. The van der Waals surface area contributed by atoms with Crippen molar-refractivity contribution in [2.24, 2.45) is 0 Å². The van der Waals surface area contributed by atoms with Crippen LogP contribution in [0.3, 0.4) is 0 Å². The van der Waals surface area contributed by atoms with Crippen LogP contribution in [0.1, 0.15) is 0 Å². The van der Waals surface area contributed by atoms with E-state index >= 15 is 0 Å². The van der Waals surface area contributed by atoms with Crippen LogP contribution in [0, 0.1) is 0 Å². The van der Waals surface area contributed by atoms with Crippen molar-refractivity contribution in [1.82, 2.24) is 4.90 Å². The SMILES string of the molecule is COC(=O)/C=C/N(C)C. The highest BCUT2D eigenvalue weighted by molar-refractivity contribution is 5.81. The summed E-state index contributed by atoms with van der Waals surface area (Å²) in [5, 5.41) is 0. The molecule has 52 valence electrons. The first-order valence-corrected chi connectivity index (χ1v) is 2.59. The van der Waals surface area contributed by atoms with E-state index in [9.17, 15) is 4.79 Å². The smallest absolute Gasteiger partial charge is 0.331 e. The monoisotopic (exact) mass is 129 g/mol. The van der Waals surface area contributed by atoms with Gasteiger partial charge in [-0.15, -0.1) is 0 Å². The van der Waals surface area contributed by atoms with Gasteiger partial charge >= 0.3 is 5.97 Å². The Morgan fingerprint density at radius 3 is 2.44 bits per heavy atom. The molecule has 0 heterocycles. The summed E-state index contributed by atoms with van der Waals surface area (Å²) >= 11 is 0. The van der Waals surface area contributed by atoms with E-state index in [1.54, 1.807) is 11.1 Å². The minimum atomic E-state index is -0.330. The summed E-state index contributed by atoms with van der Waals surface area (Å²) < 4.78 is 4.35. The fraction of sp³-hybridized carbons (Fsp3) is 0.500. The Hall–Kier alpha value is -0.990. The van der Waals surface area contributed by atoms with Gasteiger partial charge in [-0.3, -0.25) is 0 Å². The topological polar surface area (TPSA) is 29.5 Å². The third-order valence-electron chi connectivity index (χ3n) is 0.710. The van der Waals surface area contributed by atoms with Gasteiger partial charge < -0.3 is 9.64 Å². The predicted octanol–water partition coefficient (Wildman–Crippen LogP) is 0.235. The average molecular weight is 129 g/mol. The fourth-order valence-electron chi connectivity index (χ4n) is 0.278. The molecule has 3 heteroatoms. The molecule has 0 unspecified atom stereocenters. The van der Waals surface area contributed by atoms with E-state index in [1.165, 1.54) is 13.2 Å². The van der Waals surface area contributed by atoms with Gasteiger partial charge in [0.1, 0.15) is 0 Å². The Morgan fingerprint density at radius 1 is 1.56 bits per heavy atom. The molecule has 0 atom stereocenters. The first kappa shape index (κ1) is 8.01. The van der Waals surface area contributed by atoms with E-state index < -0.39 is 0 Å². The second-order valence-corrected chi connectivity index (χ2v) is 1.80. The van der Waals surface area contributed by atoms with Crippen molar-refractivity contribution in [3.05, 3.63) is 12.3 Å². The second kappa shape index (κ2) is 3.95. The van der Waals surface area contributed by atoms with Crippen molar-refractivity contribution in [2.45, 2.75) is 0 Å². The van der Waals surface area contributed by atoms with Crippen LogP contribution in [0.15, 0.2) is 12.3 Å². The molecule has 0 aliphatic heterocycles. The third-order valence-corrected chi connectivity index (χ3v) is 0.710. The lowest BCUT2D eigenvalue weighted by Gasteiger charge is -2.01. The second-order valence-electron chi connectivity index (χ2n) is 1.80. The zero-order chi connectivity index (χ0) is 7.28. The van der Waals surface area contributed by atoms with Gasteiger partial charge in [0.05, 0.1) is 7.11 Å². The molecule has 0 aromatic heterocycles. The molecule has 0 rings (SSSR count). The van der Waals surface area contributed by atoms with Crippen LogP contribution in [-0.4, -0.2) is 32.1 Å². The average Bonchev–Trinajstić information content (AvgIpc) is 1.83. The van der Waals surface area contributed by atoms with Gasteiger partial charge in [0.15, 0.2) is 0 Å². The maximum Gasteiger partial charge on any atom is 0.331 e. The highest BCUT2D eigenvalue weighted by Gasteiger charge is 1.88. The summed E-state index contributed by atoms with van der Waals surface area (Å²) in [6.45, 7) is 0. The number of methoxy groups -OCH3 is 1. The van der Waals surface area contributed by atoms with Gasteiger partial charge in [-0.25, -0.2) is 4.79 Å². The number of hydrogen-bond acceptors (Lipinski definition) is 3. The molecular weight excluding hydrogens is 118 g/mol. The summed E-state index contributed by atoms with van der Waals surface area (Å²) in [5.74, 6) is -0.330. The largest absolute Gasteiger partial charge is 0.466 e. The van der Waals surface area contributed by atoms with Crippen molar-refractivity contribution in [3.63, 3.8) is 0 Å². The molecule has 3 nitrogen and oxygen atoms in total. The molecule has 0 aromatic rings. The van der Waals surface area contributed by atoms with Gasteiger partial charge in [0, 0.05) is 26.4 Å². The number of hydrogen-bond donors (Lipinski definition) is 0. The van der Waals surface area contributed by atoms with Crippen molar-refractivity contribution < 1.29 is 9.53 Å². The summed E-state index contributed by atoms with van der Waals surface area (Å²) in [6.07, 6.45) is 2.99. The van der Waals surface area contributed by atoms with Gasteiger partial charge in [-0.05, 0) is 0 Å². The molecule has 0 bridgehead atoms. The standard InChI is InChI=1S/C6H11NO2/c1-7(2)5-4-6(8)9-3/h4-5H,1-3H3/b5-4+. The van der Waals surface area contributed by atoms with E-state index in [1.807, 2.05) is 14.1 Å². The molecule has 0 saturated carbocycles. The van der Waals surface area contributed by atoms with Crippen LogP contribution in [0.4, 0.5) is 0 Å². The van der Waals surface area contributed by atoms with Crippen LogP contribution in [0.5, 0.6) is 0 Å². The van der Waals surface area contributed by atoms with E-state index in [0.29, 0.717) is 0 Å². The molecule has 0 saturated heterocycles. The van der Waals surface area contributed by atoms with Crippen LogP contribution >= 0.6 is 0 Å². The number of carbonyl (C=O) groups is 1. The molecule has 0 fully saturated rings. The number of ether oxygens (including phenoxy) is 1. The van der Waals surface area contributed by atoms with E-state index in [0.717, 1.165) is 0 Å². The molecule has 0 N–H and O–H groups in total. The summed E-state index contributed by atoms with van der Waals surface area (Å²) in [4.78, 5) is 12.1. The number of esters is 1. The normalized spacial score (nSPS) is 9.67. The maximum atomic E-state index is 10.4. The molecule has 0 aromatic carbocycles. The van der Waals surface area contributed by atoms with Crippen molar-refractivity contribution in [3.8, 4) is 0 Å². The molecule has 0 aliphatic carbocycles. The Morgan fingerprint density at radius 2 is 2.11 bits per heavy atom. The van der Waals surface area contributed by atoms with Crippen molar-refractivity contribution in [1.29, 1.82) is 0 Å². The fourth-order valence-corrected chi connectivity index (χ4v) is 0.278.